The van der Waals surface area contributed by atoms with Gasteiger partial charge in [-0.15, -0.1) is 0 Å². The number of allylic oxidation sites excluding steroid dienone is 18. The molecule has 0 aliphatic rings. The van der Waals surface area contributed by atoms with Gasteiger partial charge in [0.15, 0.2) is 6.10 Å². The summed E-state index contributed by atoms with van der Waals surface area (Å²) in [4.78, 5) is 38.4. The Morgan fingerprint density at radius 3 is 0.787 bits per heavy atom. The van der Waals surface area contributed by atoms with Gasteiger partial charge in [-0.3, -0.25) is 14.4 Å². The van der Waals surface area contributed by atoms with E-state index in [4.69, 9.17) is 14.2 Å². The standard InChI is InChI=1S/C74H126O6/c1-4-7-10-13-16-19-22-25-28-30-32-34-36-37-39-40-42-44-46-49-52-55-58-61-64-67-73(76)79-70-71(69-78-72(75)66-63-60-57-54-51-48-27-24-21-18-15-12-9-6-3)80-74(77)68-65-62-59-56-53-50-47-45-43-41-38-35-33-31-29-26-23-20-17-14-11-8-5-2/h7,10,16,19,24-25,27-28,31-34,37,39,42,44,49,52,71H,4-6,8-9,11-15,17-18,20-23,26,29-30,35-36,38,40-41,43,45-48,50-51,53-70H2,1-3H3/b10-7-,19-16-,27-24-,28-25-,33-31-,34-32-,39-37-,44-42-,52-49-. The molecular weight excluding hydrogens is 985 g/mol. The normalized spacial score (nSPS) is 12.8. The second-order valence-corrected chi connectivity index (χ2v) is 22.3. The van der Waals surface area contributed by atoms with Crippen molar-refractivity contribution in [3.63, 3.8) is 0 Å². The van der Waals surface area contributed by atoms with E-state index in [1.54, 1.807) is 0 Å². The molecule has 0 heterocycles. The van der Waals surface area contributed by atoms with Gasteiger partial charge in [0.1, 0.15) is 13.2 Å². The van der Waals surface area contributed by atoms with Crippen molar-refractivity contribution in [1.82, 2.24) is 0 Å². The molecule has 0 rings (SSSR count). The quantitative estimate of drug-likeness (QED) is 0.0261. The van der Waals surface area contributed by atoms with Crippen molar-refractivity contribution < 1.29 is 28.6 Å². The van der Waals surface area contributed by atoms with Crippen LogP contribution in [-0.2, 0) is 28.6 Å². The largest absolute Gasteiger partial charge is 0.462 e. The van der Waals surface area contributed by atoms with Crippen molar-refractivity contribution in [2.75, 3.05) is 13.2 Å². The molecule has 0 aromatic heterocycles. The number of carbonyl (C=O) groups is 3. The van der Waals surface area contributed by atoms with Gasteiger partial charge in [0.25, 0.3) is 0 Å². The summed E-state index contributed by atoms with van der Waals surface area (Å²) in [6, 6.07) is 0. The molecule has 0 aliphatic carbocycles. The number of unbranched alkanes of at least 4 members (excludes halogenated alkanes) is 32. The van der Waals surface area contributed by atoms with Crippen molar-refractivity contribution in [1.29, 1.82) is 0 Å². The van der Waals surface area contributed by atoms with Gasteiger partial charge in [0, 0.05) is 19.3 Å². The van der Waals surface area contributed by atoms with Crippen molar-refractivity contribution >= 4 is 17.9 Å². The molecule has 80 heavy (non-hydrogen) atoms. The first-order valence-electron chi connectivity index (χ1n) is 33.9. The highest BCUT2D eigenvalue weighted by Gasteiger charge is 2.19. The molecule has 0 bridgehead atoms. The van der Waals surface area contributed by atoms with Crippen molar-refractivity contribution in [2.24, 2.45) is 0 Å². The number of esters is 3. The third kappa shape index (κ3) is 64.9. The number of ether oxygens (including phenoxy) is 3. The second-order valence-electron chi connectivity index (χ2n) is 22.3. The molecule has 0 aliphatic heterocycles. The monoisotopic (exact) mass is 1110 g/mol. The maximum atomic E-state index is 12.9. The summed E-state index contributed by atoms with van der Waals surface area (Å²) >= 11 is 0. The first kappa shape index (κ1) is 76.1. The zero-order valence-corrected chi connectivity index (χ0v) is 52.6. The molecule has 0 aromatic rings. The van der Waals surface area contributed by atoms with Gasteiger partial charge in [-0.05, 0) is 128 Å². The number of rotatable bonds is 61. The third-order valence-corrected chi connectivity index (χ3v) is 14.5. The van der Waals surface area contributed by atoms with E-state index in [-0.39, 0.29) is 31.1 Å². The zero-order chi connectivity index (χ0) is 57.8. The van der Waals surface area contributed by atoms with Gasteiger partial charge < -0.3 is 14.2 Å². The van der Waals surface area contributed by atoms with Crippen LogP contribution in [0.15, 0.2) is 109 Å². The minimum Gasteiger partial charge on any atom is -0.462 e. The number of hydrogen-bond acceptors (Lipinski definition) is 6. The van der Waals surface area contributed by atoms with E-state index in [2.05, 4.69) is 130 Å². The van der Waals surface area contributed by atoms with Gasteiger partial charge >= 0.3 is 17.9 Å². The Balaban J connectivity index is 4.41. The first-order chi connectivity index (χ1) is 39.5. The van der Waals surface area contributed by atoms with E-state index < -0.39 is 6.10 Å². The summed E-state index contributed by atoms with van der Waals surface area (Å²) in [6.07, 6.45) is 92.4. The van der Waals surface area contributed by atoms with Gasteiger partial charge in [0.05, 0.1) is 0 Å². The Labute approximate surface area is 495 Å². The highest BCUT2D eigenvalue weighted by Crippen LogP contribution is 2.16. The van der Waals surface area contributed by atoms with Crippen LogP contribution in [-0.4, -0.2) is 37.2 Å². The lowest BCUT2D eigenvalue weighted by atomic mass is 10.0. The molecule has 0 N–H and O–H groups in total. The summed E-state index contributed by atoms with van der Waals surface area (Å²) in [6.45, 7) is 6.51. The predicted octanol–water partition coefficient (Wildman–Crippen LogP) is 23.4. The Bertz CT molecular complexity index is 1610. The van der Waals surface area contributed by atoms with Crippen LogP contribution >= 0.6 is 0 Å². The van der Waals surface area contributed by atoms with Gasteiger partial charge in [-0.1, -0.05) is 284 Å². The molecule has 0 amide bonds. The van der Waals surface area contributed by atoms with Crippen LogP contribution < -0.4 is 0 Å². The fourth-order valence-corrected chi connectivity index (χ4v) is 9.41. The summed E-state index contributed by atoms with van der Waals surface area (Å²) in [5.41, 5.74) is 0. The first-order valence-corrected chi connectivity index (χ1v) is 33.9. The van der Waals surface area contributed by atoms with Crippen LogP contribution in [0.5, 0.6) is 0 Å². The van der Waals surface area contributed by atoms with Crippen LogP contribution in [0.3, 0.4) is 0 Å². The minimum absolute atomic E-state index is 0.0931. The summed E-state index contributed by atoms with van der Waals surface area (Å²) < 4.78 is 16.9. The van der Waals surface area contributed by atoms with Crippen LogP contribution in [0, 0.1) is 0 Å². The fraction of sp³-hybridized carbons (Fsp3) is 0.716. The zero-order valence-electron chi connectivity index (χ0n) is 52.6. The molecule has 458 valence electrons. The molecule has 1 atom stereocenters. The smallest absolute Gasteiger partial charge is 0.306 e. The van der Waals surface area contributed by atoms with Crippen molar-refractivity contribution in [3.05, 3.63) is 109 Å². The molecule has 0 saturated heterocycles. The SMILES string of the molecule is CC/C=C\C/C=C\C/C=C\C/C=C\C/C=C\C/C=C\C/C=C\CCCCCC(=O)OCC(COC(=O)CCCCCCC/C=C\CCCCCCC)OC(=O)CCCCCCCCCCCCC/C=C\CCCCCCCCCC. The average Bonchev–Trinajstić information content (AvgIpc) is 3.46. The van der Waals surface area contributed by atoms with Crippen molar-refractivity contribution in [3.8, 4) is 0 Å². The highest BCUT2D eigenvalue weighted by atomic mass is 16.6. The van der Waals surface area contributed by atoms with Crippen LogP contribution in [0.4, 0.5) is 0 Å². The topological polar surface area (TPSA) is 78.9 Å². The van der Waals surface area contributed by atoms with E-state index >= 15 is 0 Å². The maximum absolute atomic E-state index is 12.9. The van der Waals surface area contributed by atoms with E-state index in [1.807, 2.05) is 0 Å². The Kier molecular flexibility index (Phi) is 64.3. The Hall–Kier alpha value is -3.93. The van der Waals surface area contributed by atoms with E-state index in [0.29, 0.717) is 19.3 Å². The lowest BCUT2D eigenvalue weighted by molar-refractivity contribution is -0.167. The lowest BCUT2D eigenvalue weighted by Gasteiger charge is -2.18. The molecule has 0 radical (unpaired) electrons. The molecular formula is C74H126O6. The summed E-state index contributed by atoms with van der Waals surface area (Å²) in [7, 11) is 0. The predicted molar refractivity (Wildman–Crippen MR) is 348 cm³/mol. The van der Waals surface area contributed by atoms with Gasteiger partial charge in [-0.2, -0.15) is 0 Å². The van der Waals surface area contributed by atoms with Gasteiger partial charge in [0.2, 0.25) is 0 Å². The van der Waals surface area contributed by atoms with Gasteiger partial charge in [-0.25, -0.2) is 0 Å². The van der Waals surface area contributed by atoms with Crippen LogP contribution in [0.25, 0.3) is 0 Å². The van der Waals surface area contributed by atoms with E-state index in [9.17, 15) is 14.4 Å². The number of carbonyl (C=O) groups excluding carboxylic acids is 3. The molecule has 0 saturated carbocycles. The van der Waals surface area contributed by atoms with E-state index in [1.165, 1.54) is 167 Å². The Morgan fingerprint density at radius 1 is 0.263 bits per heavy atom. The maximum Gasteiger partial charge on any atom is 0.306 e. The average molecular weight is 1110 g/mol. The second kappa shape index (κ2) is 67.6. The molecule has 6 nitrogen and oxygen atoms in total. The van der Waals surface area contributed by atoms with Crippen LogP contribution in [0.2, 0.25) is 0 Å². The fourth-order valence-electron chi connectivity index (χ4n) is 9.41. The van der Waals surface area contributed by atoms with Crippen LogP contribution in [0.1, 0.15) is 323 Å². The molecule has 0 aromatic carbocycles. The summed E-state index contributed by atoms with van der Waals surface area (Å²) in [5.74, 6) is -0.926. The minimum atomic E-state index is -0.799. The Morgan fingerprint density at radius 2 is 0.487 bits per heavy atom. The van der Waals surface area contributed by atoms with Crippen molar-refractivity contribution in [2.45, 2.75) is 329 Å². The molecule has 0 fully saturated rings. The third-order valence-electron chi connectivity index (χ3n) is 14.5. The number of hydrogen-bond donors (Lipinski definition) is 0. The highest BCUT2D eigenvalue weighted by molar-refractivity contribution is 5.71. The molecule has 0 spiro atoms. The molecule has 1 unspecified atom stereocenters. The lowest BCUT2D eigenvalue weighted by Crippen LogP contribution is -2.30. The molecule has 6 heteroatoms. The van der Waals surface area contributed by atoms with E-state index in [0.717, 1.165) is 116 Å². The summed E-state index contributed by atoms with van der Waals surface area (Å²) in [5, 5.41) is 0.